The number of amides is 1. The van der Waals surface area contributed by atoms with Gasteiger partial charge in [0.15, 0.2) is 0 Å². The van der Waals surface area contributed by atoms with Crippen molar-refractivity contribution in [3.05, 3.63) is 33.9 Å². The molecule has 0 fully saturated rings. The normalized spacial score (nSPS) is 11.2. The van der Waals surface area contributed by atoms with Crippen molar-refractivity contribution in [2.75, 3.05) is 12.8 Å². The molecule has 6 nitrogen and oxygen atoms in total. The average Bonchev–Trinajstić information content (AvgIpc) is 2.48. The third-order valence-corrected chi connectivity index (χ3v) is 5.30. The maximum Gasteiger partial charge on any atom is 0.282 e. The number of benzene rings is 1. The van der Waals surface area contributed by atoms with Crippen LogP contribution in [-0.4, -0.2) is 33.5 Å². The number of aromatic hydroxyl groups is 1. The van der Waals surface area contributed by atoms with Gasteiger partial charge in [-0.2, -0.15) is 11.8 Å². The van der Waals surface area contributed by atoms with E-state index in [1.165, 1.54) is 6.07 Å². The van der Waals surface area contributed by atoms with Gasteiger partial charge in [-0.05, 0) is 31.2 Å². The van der Waals surface area contributed by atoms with E-state index in [9.17, 15) is 20.0 Å². The molecule has 0 bridgehead atoms. The molecule has 0 spiro atoms. The Balaban J connectivity index is 2.95. The summed E-state index contributed by atoms with van der Waals surface area (Å²) in [5.74, 6) is -0.717. The standard InChI is InChI=1S/C14H20N2O4S/c1-4-14(5-2,21-3)9-15-13(18)11-8-10(17)6-7-12(11)16(19)20/h6-8,17H,4-5,9H2,1-3H3,(H,15,18). The molecule has 0 aliphatic rings. The van der Waals surface area contributed by atoms with E-state index in [0.29, 0.717) is 6.54 Å². The molecule has 0 aromatic heterocycles. The Morgan fingerprint density at radius 2 is 2.05 bits per heavy atom. The molecule has 2 N–H and O–H groups in total. The van der Waals surface area contributed by atoms with Crippen molar-refractivity contribution < 1.29 is 14.8 Å². The molecule has 0 saturated carbocycles. The van der Waals surface area contributed by atoms with Crippen molar-refractivity contribution in [3.8, 4) is 5.75 Å². The number of hydrogen-bond donors (Lipinski definition) is 2. The lowest BCUT2D eigenvalue weighted by atomic mass is 10.0. The first kappa shape index (κ1) is 17.3. The van der Waals surface area contributed by atoms with Gasteiger partial charge in [-0.1, -0.05) is 13.8 Å². The molecule has 1 aromatic carbocycles. The lowest BCUT2D eigenvalue weighted by Gasteiger charge is -2.29. The molecule has 0 heterocycles. The summed E-state index contributed by atoms with van der Waals surface area (Å²) in [6.45, 7) is 4.51. The van der Waals surface area contributed by atoms with E-state index in [2.05, 4.69) is 5.32 Å². The highest BCUT2D eigenvalue weighted by atomic mass is 32.2. The minimum Gasteiger partial charge on any atom is -0.508 e. The quantitative estimate of drug-likeness (QED) is 0.596. The van der Waals surface area contributed by atoms with E-state index in [1.54, 1.807) is 11.8 Å². The Kier molecular flexibility index (Phi) is 6.02. The number of phenolic OH excluding ortho intramolecular Hbond substituents is 1. The van der Waals surface area contributed by atoms with Crippen LogP contribution in [0.5, 0.6) is 5.75 Å². The molecule has 1 amide bonds. The van der Waals surface area contributed by atoms with Crippen LogP contribution in [0.25, 0.3) is 0 Å². The molecule has 0 aliphatic heterocycles. The van der Waals surface area contributed by atoms with Gasteiger partial charge >= 0.3 is 0 Å². The summed E-state index contributed by atoms with van der Waals surface area (Å²) in [6.07, 6.45) is 3.75. The zero-order valence-electron chi connectivity index (χ0n) is 12.4. The van der Waals surface area contributed by atoms with Crippen molar-refractivity contribution in [2.24, 2.45) is 0 Å². The summed E-state index contributed by atoms with van der Waals surface area (Å²) < 4.78 is -0.0821. The number of thioether (sulfide) groups is 1. The number of nitro benzene ring substituents is 1. The van der Waals surface area contributed by atoms with Crippen LogP contribution < -0.4 is 5.32 Å². The summed E-state index contributed by atoms with van der Waals surface area (Å²) in [6, 6.07) is 3.44. The molecule has 0 unspecified atom stereocenters. The predicted octanol–water partition coefficient (Wildman–Crippen LogP) is 2.95. The number of hydrogen-bond acceptors (Lipinski definition) is 5. The number of carbonyl (C=O) groups excluding carboxylic acids is 1. The zero-order valence-corrected chi connectivity index (χ0v) is 13.2. The van der Waals surface area contributed by atoms with Crippen molar-refractivity contribution in [1.82, 2.24) is 5.32 Å². The second-order valence-electron chi connectivity index (χ2n) is 4.74. The summed E-state index contributed by atoms with van der Waals surface area (Å²) >= 11 is 1.67. The topological polar surface area (TPSA) is 92.5 Å². The van der Waals surface area contributed by atoms with E-state index in [-0.39, 0.29) is 21.7 Å². The summed E-state index contributed by atoms with van der Waals surface area (Å²) in [5, 5.41) is 23.1. The Morgan fingerprint density at radius 3 is 2.52 bits per heavy atom. The molecule has 0 atom stereocenters. The van der Waals surface area contributed by atoms with E-state index < -0.39 is 10.8 Å². The highest BCUT2D eigenvalue weighted by molar-refractivity contribution is 8.00. The number of nitrogens with one attached hydrogen (secondary N) is 1. The fraction of sp³-hybridized carbons (Fsp3) is 0.500. The molecule has 0 saturated heterocycles. The highest BCUT2D eigenvalue weighted by Gasteiger charge is 2.27. The fourth-order valence-electron chi connectivity index (χ4n) is 2.06. The minimum atomic E-state index is -0.629. The molecule has 21 heavy (non-hydrogen) atoms. The first-order valence-corrected chi connectivity index (χ1v) is 7.92. The van der Waals surface area contributed by atoms with Crippen LogP contribution in [0.15, 0.2) is 18.2 Å². The van der Waals surface area contributed by atoms with Crippen LogP contribution in [-0.2, 0) is 0 Å². The van der Waals surface area contributed by atoms with Gasteiger partial charge in [0.05, 0.1) is 4.92 Å². The molecule has 0 aliphatic carbocycles. The Morgan fingerprint density at radius 1 is 1.43 bits per heavy atom. The minimum absolute atomic E-state index is 0.0821. The number of rotatable bonds is 7. The van der Waals surface area contributed by atoms with Crippen LogP contribution >= 0.6 is 11.8 Å². The van der Waals surface area contributed by atoms with Crippen LogP contribution in [0.3, 0.4) is 0 Å². The Hall–Kier alpha value is -1.76. The molecule has 7 heteroatoms. The van der Waals surface area contributed by atoms with Gasteiger partial charge in [-0.3, -0.25) is 14.9 Å². The third-order valence-electron chi connectivity index (χ3n) is 3.71. The first-order valence-electron chi connectivity index (χ1n) is 6.70. The Labute approximate surface area is 128 Å². The van der Waals surface area contributed by atoms with Gasteiger partial charge in [-0.25, -0.2) is 0 Å². The van der Waals surface area contributed by atoms with Gasteiger partial charge in [0.2, 0.25) is 0 Å². The smallest absolute Gasteiger partial charge is 0.282 e. The van der Waals surface area contributed by atoms with Gasteiger partial charge in [0.25, 0.3) is 11.6 Å². The first-order chi connectivity index (χ1) is 9.89. The maximum atomic E-state index is 12.2. The largest absolute Gasteiger partial charge is 0.508 e. The molecular formula is C14H20N2O4S. The van der Waals surface area contributed by atoms with Crippen LogP contribution in [0.1, 0.15) is 37.0 Å². The molecule has 116 valence electrons. The van der Waals surface area contributed by atoms with Crippen molar-refractivity contribution in [3.63, 3.8) is 0 Å². The number of nitro groups is 1. The molecule has 1 rings (SSSR count). The van der Waals surface area contributed by atoms with Crippen molar-refractivity contribution in [1.29, 1.82) is 0 Å². The zero-order chi connectivity index (χ0) is 16.0. The van der Waals surface area contributed by atoms with Crippen molar-refractivity contribution in [2.45, 2.75) is 31.4 Å². The molecule has 0 radical (unpaired) electrons. The van der Waals surface area contributed by atoms with E-state index >= 15 is 0 Å². The number of carbonyl (C=O) groups is 1. The summed E-state index contributed by atoms with van der Waals surface area (Å²) in [4.78, 5) is 22.5. The van der Waals surface area contributed by atoms with Gasteiger partial charge in [-0.15, -0.1) is 0 Å². The highest BCUT2D eigenvalue weighted by Crippen LogP contribution is 2.30. The Bertz CT molecular complexity index is 521. The van der Waals surface area contributed by atoms with Crippen LogP contribution in [0, 0.1) is 10.1 Å². The number of phenols is 1. The van der Waals surface area contributed by atoms with Gasteiger partial charge in [0.1, 0.15) is 11.3 Å². The van der Waals surface area contributed by atoms with E-state index in [4.69, 9.17) is 0 Å². The lowest BCUT2D eigenvalue weighted by molar-refractivity contribution is -0.385. The third kappa shape index (κ3) is 4.10. The van der Waals surface area contributed by atoms with Crippen LogP contribution in [0.4, 0.5) is 5.69 Å². The van der Waals surface area contributed by atoms with Gasteiger partial charge < -0.3 is 10.4 Å². The van der Waals surface area contributed by atoms with E-state index in [0.717, 1.165) is 25.0 Å². The average molecular weight is 312 g/mol. The van der Waals surface area contributed by atoms with Crippen molar-refractivity contribution >= 4 is 23.4 Å². The SMILES string of the molecule is CCC(CC)(CNC(=O)c1cc(O)ccc1[N+](=O)[O-])SC. The monoisotopic (exact) mass is 312 g/mol. The summed E-state index contributed by atoms with van der Waals surface area (Å²) in [5.41, 5.74) is -0.435. The number of nitrogens with zero attached hydrogens (tertiary/aromatic N) is 1. The molecule has 1 aromatic rings. The van der Waals surface area contributed by atoms with Crippen LogP contribution in [0.2, 0.25) is 0 Å². The fourth-order valence-corrected chi connectivity index (χ4v) is 2.86. The second kappa shape index (κ2) is 7.31. The summed E-state index contributed by atoms with van der Waals surface area (Å²) in [7, 11) is 0. The second-order valence-corrected chi connectivity index (χ2v) is 6.01. The van der Waals surface area contributed by atoms with Gasteiger partial charge in [0, 0.05) is 17.4 Å². The molecular weight excluding hydrogens is 292 g/mol. The maximum absolute atomic E-state index is 12.2. The predicted molar refractivity (Wildman–Crippen MR) is 83.9 cm³/mol. The lowest BCUT2D eigenvalue weighted by Crippen LogP contribution is -2.39. The van der Waals surface area contributed by atoms with E-state index in [1.807, 2.05) is 20.1 Å².